The molecule has 0 spiro atoms. The molecule has 6 atom stereocenters. The van der Waals surface area contributed by atoms with Gasteiger partial charge in [0.2, 0.25) is 0 Å². The van der Waals surface area contributed by atoms with Crippen LogP contribution in [-0.2, 0) is 9.59 Å². The third-order valence-electron chi connectivity index (χ3n) is 7.96. The van der Waals surface area contributed by atoms with Gasteiger partial charge in [-0.1, -0.05) is 47.5 Å². The first kappa shape index (κ1) is 23.3. The predicted molar refractivity (Wildman–Crippen MR) is 131 cm³/mol. The van der Waals surface area contributed by atoms with Gasteiger partial charge in [0.05, 0.1) is 29.5 Å². The van der Waals surface area contributed by atoms with Crippen LogP contribution in [0, 0.1) is 35.5 Å². The first-order valence-electron chi connectivity index (χ1n) is 11.8. The van der Waals surface area contributed by atoms with Crippen LogP contribution in [0.4, 0.5) is 0 Å². The Labute approximate surface area is 217 Å². The third kappa shape index (κ3) is 3.48. The zero-order valence-electron chi connectivity index (χ0n) is 19.3. The Bertz CT molecular complexity index is 1320. The Morgan fingerprint density at radius 3 is 2.28 bits per heavy atom. The van der Waals surface area contributed by atoms with Gasteiger partial charge in [-0.25, -0.2) is 5.01 Å². The summed E-state index contributed by atoms with van der Waals surface area (Å²) in [6.07, 6.45) is 5.13. The van der Waals surface area contributed by atoms with Crippen LogP contribution in [0.3, 0.4) is 0 Å². The summed E-state index contributed by atoms with van der Waals surface area (Å²) < 4.78 is 5.21. The van der Waals surface area contributed by atoms with Gasteiger partial charge in [0.15, 0.2) is 5.78 Å². The van der Waals surface area contributed by atoms with E-state index in [0.717, 1.165) is 16.4 Å². The molecule has 9 heteroatoms. The predicted octanol–water partition coefficient (Wildman–Crippen LogP) is 4.30. The maximum absolute atomic E-state index is 13.8. The summed E-state index contributed by atoms with van der Waals surface area (Å²) in [6, 6.07) is 10.8. The topological polar surface area (TPSA) is 84.0 Å². The average molecular weight is 525 g/mol. The molecule has 0 unspecified atom stereocenters. The molecular weight excluding hydrogens is 503 g/mol. The lowest BCUT2D eigenvalue weighted by atomic mass is 9.63. The zero-order valence-corrected chi connectivity index (χ0v) is 20.8. The van der Waals surface area contributed by atoms with Gasteiger partial charge in [-0.3, -0.25) is 19.2 Å². The van der Waals surface area contributed by atoms with Crippen molar-refractivity contribution in [1.29, 1.82) is 0 Å². The molecule has 0 N–H and O–H groups in total. The summed E-state index contributed by atoms with van der Waals surface area (Å²) in [7, 11) is 1.48. The standard InChI is InChI=1S/C27H22Cl2N2O5/c1-36-15-4-2-3-13(9-15)22(32)12-30(25(33)18-6-5-14(28)10-21(18)29)31-26(34)23-16-7-8-17(20-11-19(16)20)24(23)27(31)35/h2-10,16-17,19-20,23-24H,11-12H2,1H3/t16-,17-,19-,20+,23+,24+/m0/s1. The Hall–Kier alpha value is -3.16. The fraction of sp³-hybridized carbons (Fsp3) is 0.333. The minimum atomic E-state index is -0.723. The average Bonchev–Trinajstić information content (AvgIpc) is 3.66. The van der Waals surface area contributed by atoms with E-state index in [4.69, 9.17) is 27.9 Å². The zero-order chi connectivity index (χ0) is 25.3. The van der Waals surface area contributed by atoms with E-state index < -0.39 is 41.9 Å². The number of benzene rings is 2. The first-order valence-corrected chi connectivity index (χ1v) is 12.6. The summed E-state index contributed by atoms with van der Waals surface area (Å²) in [4.78, 5) is 54.5. The molecule has 4 aliphatic carbocycles. The number of hydrogen-bond acceptors (Lipinski definition) is 5. The normalized spacial score (nSPS) is 29.1. The Balaban J connectivity index is 1.38. The van der Waals surface area contributed by atoms with E-state index in [0.29, 0.717) is 22.6 Å². The molecule has 1 saturated heterocycles. The number of rotatable bonds is 6. The first-order chi connectivity index (χ1) is 17.3. The summed E-state index contributed by atoms with van der Waals surface area (Å²) in [5, 5.41) is 2.24. The maximum atomic E-state index is 13.8. The molecule has 184 valence electrons. The second kappa shape index (κ2) is 8.46. The lowest BCUT2D eigenvalue weighted by molar-refractivity contribution is -0.154. The molecule has 7 rings (SSSR count). The highest BCUT2D eigenvalue weighted by molar-refractivity contribution is 6.36. The van der Waals surface area contributed by atoms with Gasteiger partial charge < -0.3 is 4.74 Å². The summed E-state index contributed by atoms with van der Waals surface area (Å²) in [6.45, 7) is -0.516. The quantitative estimate of drug-likeness (QED) is 0.319. The second-order valence-electron chi connectivity index (χ2n) is 9.78. The third-order valence-corrected chi connectivity index (χ3v) is 8.51. The molecule has 0 aromatic heterocycles. The molecule has 3 fully saturated rings. The number of hydrazine groups is 1. The Morgan fingerprint density at radius 1 is 1.00 bits per heavy atom. The summed E-state index contributed by atoms with van der Waals surface area (Å²) in [5.41, 5.74) is 0.327. The molecule has 2 aromatic rings. The summed E-state index contributed by atoms with van der Waals surface area (Å²) in [5.74, 6) is -1.83. The Kier molecular flexibility index (Phi) is 5.46. The number of amides is 3. The molecule has 0 radical (unpaired) electrons. The van der Waals surface area contributed by atoms with E-state index >= 15 is 0 Å². The number of imide groups is 1. The number of allylic oxidation sites excluding steroid dienone is 2. The van der Waals surface area contributed by atoms with E-state index in [1.54, 1.807) is 24.3 Å². The van der Waals surface area contributed by atoms with Crippen molar-refractivity contribution >= 4 is 46.7 Å². The fourth-order valence-electron chi connectivity index (χ4n) is 6.24. The number of ketones is 1. The van der Waals surface area contributed by atoms with Crippen LogP contribution in [-0.4, -0.2) is 47.2 Å². The molecule has 1 heterocycles. The van der Waals surface area contributed by atoms with Crippen molar-refractivity contribution in [2.45, 2.75) is 6.42 Å². The van der Waals surface area contributed by atoms with Crippen molar-refractivity contribution in [3.05, 3.63) is 75.8 Å². The van der Waals surface area contributed by atoms with E-state index in [1.165, 1.54) is 25.3 Å². The number of nitrogens with zero attached hydrogens (tertiary/aromatic N) is 2. The molecule has 3 amide bonds. The van der Waals surface area contributed by atoms with E-state index in [2.05, 4.69) is 12.2 Å². The van der Waals surface area contributed by atoms with Gasteiger partial charge in [0, 0.05) is 10.6 Å². The molecule has 5 aliphatic rings. The number of carbonyl (C=O) groups excluding carboxylic acids is 4. The van der Waals surface area contributed by atoms with Gasteiger partial charge >= 0.3 is 0 Å². The van der Waals surface area contributed by atoms with Gasteiger partial charge in [-0.05, 0) is 60.4 Å². The lowest BCUT2D eigenvalue weighted by Crippen LogP contribution is -2.52. The molecule has 2 bridgehead atoms. The molecule has 36 heavy (non-hydrogen) atoms. The number of methoxy groups -OCH3 is 1. The minimum Gasteiger partial charge on any atom is -0.497 e. The van der Waals surface area contributed by atoms with E-state index in [-0.39, 0.29) is 28.0 Å². The molecule has 2 aromatic carbocycles. The van der Waals surface area contributed by atoms with Crippen molar-refractivity contribution in [3.63, 3.8) is 0 Å². The number of ether oxygens (including phenoxy) is 1. The van der Waals surface area contributed by atoms with Crippen molar-refractivity contribution in [1.82, 2.24) is 10.0 Å². The van der Waals surface area contributed by atoms with E-state index in [1.807, 2.05) is 0 Å². The maximum Gasteiger partial charge on any atom is 0.274 e. The largest absolute Gasteiger partial charge is 0.497 e. The van der Waals surface area contributed by atoms with Gasteiger partial charge in [-0.2, -0.15) is 5.01 Å². The van der Waals surface area contributed by atoms with Gasteiger partial charge in [0.1, 0.15) is 12.3 Å². The Morgan fingerprint density at radius 2 is 1.67 bits per heavy atom. The van der Waals surface area contributed by atoms with Crippen LogP contribution in [0.1, 0.15) is 27.1 Å². The van der Waals surface area contributed by atoms with Crippen molar-refractivity contribution in [2.24, 2.45) is 35.5 Å². The smallest absolute Gasteiger partial charge is 0.274 e. The minimum absolute atomic E-state index is 0.0170. The monoisotopic (exact) mass is 524 g/mol. The highest BCUT2D eigenvalue weighted by atomic mass is 35.5. The van der Waals surface area contributed by atoms with Crippen LogP contribution in [0.15, 0.2) is 54.6 Å². The highest BCUT2D eigenvalue weighted by Crippen LogP contribution is 2.65. The van der Waals surface area contributed by atoms with Crippen LogP contribution >= 0.6 is 23.2 Å². The molecular formula is C27H22Cl2N2O5. The second-order valence-corrected chi connectivity index (χ2v) is 10.6. The van der Waals surface area contributed by atoms with E-state index in [9.17, 15) is 19.2 Å². The van der Waals surface area contributed by atoms with Crippen LogP contribution in [0.5, 0.6) is 5.75 Å². The lowest BCUT2D eigenvalue weighted by Gasteiger charge is -2.37. The van der Waals surface area contributed by atoms with Crippen molar-refractivity contribution in [3.8, 4) is 5.75 Å². The highest BCUT2D eigenvalue weighted by Gasteiger charge is 2.68. The summed E-state index contributed by atoms with van der Waals surface area (Å²) >= 11 is 12.3. The number of carbonyl (C=O) groups is 4. The number of halogens is 2. The van der Waals surface area contributed by atoms with Crippen molar-refractivity contribution in [2.75, 3.05) is 13.7 Å². The van der Waals surface area contributed by atoms with Crippen LogP contribution in [0.25, 0.3) is 0 Å². The fourth-order valence-corrected chi connectivity index (χ4v) is 6.73. The van der Waals surface area contributed by atoms with Crippen LogP contribution < -0.4 is 4.74 Å². The van der Waals surface area contributed by atoms with Crippen LogP contribution in [0.2, 0.25) is 10.0 Å². The number of Topliss-reactive ketones (excluding diaryl/α,β-unsaturated/α-hetero) is 1. The van der Waals surface area contributed by atoms with Gasteiger partial charge in [0.25, 0.3) is 17.7 Å². The number of hydrogen-bond donors (Lipinski definition) is 0. The SMILES string of the molecule is COc1cccc(C(=O)CN(C(=O)c2ccc(Cl)cc2Cl)N2C(=O)[C@@H]3[C@H]4C=C[C@@H]([C@@H]5C[C@H]45)[C@H]3C2=O)c1. The molecule has 7 nitrogen and oxygen atoms in total. The van der Waals surface area contributed by atoms with Gasteiger partial charge in [-0.15, -0.1) is 0 Å². The van der Waals surface area contributed by atoms with Crippen molar-refractivity contribution < 1.29 is 23.9 Å². The molecule has 2 saturated carbocycles. The molecule has 1 aliphatic heterocycles.